The molecule has 20 rings (SSSR count). The highest BCUT2D eigenvalue weighted by Crippen LogP contribution is 2.57. The number of primary amides is 1. The van der Waals surface area contributed by atoms with Crippen LogP contribution in [0.3, 0.4) is 0 Å². The van der Waals surface area contributed by atoms with Crippen LogP contribution >= 0.6 is 22.9 Å². The van der Waals surface area contributed by atoms with E-state index in [2.05, 4.69) is 57.8 Å². The van der Waals surface area contributed by atoms with Crippen molar-refractivity contribution >= 4 is 109 Å². The Labute approximate surface area is 817 Å². The van der Waals surface area contributed by atoms with Crippen LogP contribution < -0.4 is 54.2 Å². The number of benzene rings is 8. The van der Waals surface area contributed by atoms with Gasteiger partial charge in [-0.15, -0.1) is 15.7 Å². The SMILES string of the molecule is CCOC(=O)c1csc(NC[C@H]2CC[C@@H]3[C@H](O2)c2cc(C(F)(F)F)ccc2N[C@H]3c2ccccc2)n1.CCOC1=NS(=O)N=C1CC[C@H]1CC[C@@H]2[C@H](O1)c1cc(Cl)cc(F)c1N[C@H]2c1ccccc1.NC(=O)C1CCN(C(=O)C(=O)CC[C@H]2CC[C@@H]3[C@H](O2)c2cc(C(F)(F)F)ccc2N[C@H]3c2ccccc2)CC1.Nc1c(NC[C@H]2CC[C@@H]3[C@H](O2)c2cc(C(F)(F)F)ccc2N[C@H]3c2ccccc2)c(=O)c1=O. The Morgan fingerprint density at radius 3 is 1.38 bits per heavy atom. The largest absolute Gasteiger partial charge is 0.476 e. The third-order valence-corrected chi connectivity index (χ3v) is 29.6. The Hall–Kier alpha value is -12.1. The summed E-state index contributed by atoms with van der Waals surface area (Å²) in [5.74, 6) is -2.30. The van der Waals surface area contributed by atoms with Crippen molar-refractivity contribution in [1.82, 2.24) is 9.88 Å². The summed E-state index contributed by atoms with van der Waals surface area (Å²) in [6.07, 6.45) is -7.84. The topological polar surface area (TPSA) is 340 Å². The van der Waals surface area contributed by atoms with Gasteiger partial charge in [-0.2, -0.15) is 43.9 Å². The first-order valence-electron chi connectivity index (χ1n) is 47.2. The van der Waals surface area contributed by atoms with Gasteiger partial charge in [-0.25, -0.2) is 18.4 Å². The fourth-order valence-corrected chi connectivity index (χ4v) is 22.4. The van der Waals surface area contributed by atoms with E-state index in [1.54, 1.807) is 18.4 Å². The number of carbonyl (C=O) groups is 4. The smallest absolute Gasteiger partial charge is 0.416 e. The molecule has 38 heteroatoms. The summed E-state index contributed by atoms with van der Waals surface area (Å²) in [6.45, 7) is 5.59. The monoisotopic (exact) mass is 2010 g/mol. The second kappa shape index (κ2) is 43.4. The molecule has 10 aromatic rings. The van der Waals surface area contributed by atoms with Gasteiger partial charge in [0.25, 0.3) is 27.9 Å². The van der Waals surface area contributed by atoms with Crippen LogP contribution in [0.25, 0.3) is 0 Å². The number of ether oxygens (including phenoxy) is 6. The highest BCUT2D eigenvalue weighted by atomic mass is 35.5. The molecule has 17 atom stereocenters. The fraction of sp³-hybridized carbons (Fsp3) is 0.408. The molecule has 10 N–H and O–H groups in total. The van der Waals surface area contributed by atoms with E-state index in [1.165, 1.54) is 46.6 Å². The molecule has 10 aliphatic rings. The molecule has 0 spiro atoms. The first-order valence-corrected chi connectivity index (χ1v) is 49.6. The van der Waals surface area contributed by atoms with Crippen LogP contribution in [0, 0.1) is 35.4 Å². The summed E-state index contributed by atoms with van der Waals surface area (Å²) in [4.78, 5) is 77.3. The van der Waals surface area contributed by atoms with Gasteiger partial charge in [-0.1, -0.05) is 133 Å². The van der Waals surface area contributed by atoms with Crippen molar-refractivity contribution in [2.24, 2.45) is 44.1 Å². The van der Waals surface area contributed by atoms with Crippen molar-refractivity contribution in [3.63, 3.8) is 0 Å². The van der Waals surface area contributed by atoms with Crippen molar-refractivity contribution < 1.29 is 95.7 Å². The van der Waals surface area contributed by atoms with Crippen molar-refractivity contribution in [1.29, 1.82) is 0 Å². The Bertz CT molecular complexity index is 6340. The number of amides is 2. The first kappa shape index (κ1) is 100. The molecule has 9 aromatic carbocycles. The molecule has 25 nitrogen and oxygen atoms in total. The summed E-state index contributed by atoms with van der Waals surface area (Å²) in [5, 5.41) is 22.4. The summed E-state index contributed by atoms with van der Waals surface area (Å²) in [6, 6.07) is 53.5. The second-order valence-electron chi connectivity index (χ2n) is 36.6. The minimum Gasteiger partial charge on any atom is -0.476 e. The number of likely N-dealkylation sites (tertiary alicyclic amines) is 1. The number of halogens is 11. The lowest BCUT2D eigenvalue weighted by Crippen LogP contribution is -2.44. The molecule has 5 saturated heterocycles. The number of Topliss-reactive ketones (excluding diaryl/α,β-unsaturated/α-hetero) is 1. The van der Waals surface area contributed by atoms with Gasteiger partial charge in [0.15, 0.2) is 10.8 Å². The zero-order chi connectivity index (χ0) is 99.3. The number of aromatic nitrogens is 1. The van der Waals surface area contributed by atoms with Crippen LogP contribution in [-0.2, 0) is 72.5 Å². The lowest BCUT2D eigenvalue weighted by molar-refractivity contribution is -0.147. The number of esters is 1. The Morgan fingerprint density at radius 1 is 0.525 bits per heavy atom. The Balaban J connectivity index is 0.000000130. The number of ketones is 1. The predicted molar refractivity (Wildman–Crippen MR) is 516 cm³/mol. The number of nitrogens with one attached hydrogen (secondary N) is 6. The maximum atomic E-state index is 14.9. The van der Waals surface area contributed by atoms with E-state index in [0.29, 0.717) is 145 Å². The number of piperidine rings is 1. The molecular weight excluding hydrogens is 1900 g/mol. The Morgan fingerprint density at radius 2 is 0.950 bits per heavy atom. The number of nitrogens with zero attached hydrogens (tertiary/aromatic N) is 4. The third-order valence-electron chi connectivity index (χ3n) is 27.8. The number of hydrogen-bond donors (Lipinski definition) is 8. The number of nitrogens with two attached hydrogens (primary N) is 2. The van der Waals surface area contributed by atoms with Gasteiger partial charge >= 0.3 is 24.5 Å². The van der Waals surface area contributed by atoms with Crippen LogP contribution in [0.2, 0.25) is 5.02 Å². The number of fused-ring (bicyclic) bond motifs is 12. The quantitative estimate of drug-likeness (QED) is 0.0188. The average Bonchev–Trinajstić information content (AvgIpc) is 1.38. The average molecular weight is 2010 g/mol. The summed E-state index contributed by atoms with van der Waals surface area (Å²) in [5.41, 5.74) is 17.1. The van der Waals surface area contributed by atoms with Gasteiger partial charge in [0.1, 0.15) is 22.9 Å². The fourth-order valence-electron chi connectivity index (χ4n) is 20.8. The molecule has 2 amide bonds. The zero-order valence-electron chi connectivity index (χ0n) is 76.7. The van der Waals surface area contributed by atoms with E-state index in [-0.39, 0.29) is 127 Å². The van der Waals surface area contributed by atoms with Crippen molar-refractivity contribution in [3.8, 4) is 0 Å². The number of alkyl halides is 9. The molecule has 744 valence electrons. The van der Waals surface area contributed by atoms with Crippen LogP contribution in [0.4, 0.5) is 83.2 Å². The van der Waals surface area contributed by atoms with Crippen molar-refractivity contribution in [2.45, 2.75) is 195 Å². The molecule has 1 unspecified atom stereocenters. The van der Waals surface area contributed by atoms with E-state index in [9.17, 15) is 76.9 Å². The molecule has 0 bridgehead atoms. The Kier molecular flexibility index (Phi) is 30.9. The van der Waals surface area contributed by atoms with E-state index in [1.807, 2.05) is 116 Å². The summed E-state index contributed by atoms with van der Waals surface area (Å²) >= 11 is 5.89. The highest BCUT2D eigenvalue weighted by Gasteiger charge is 2.50. The first-order chi connectivity index (χ1) is 67.7. The number of rotatable bonds is 21. The van der Waals surface area contributed by atoms with E-state index < -0.39 is 99.1 Å². The van der Waals surface area contributed by atoms with Gasteiger partial charge in [-0.05, 0) is 186 Å². The molecule has 10 aliphatic heterocycles. The number of hydrogen-bond acceptors (Lipinski definition) is 22. The van der Waals surface area contributed by atoms with Gasteiger partial charge in [0, 0.05) is 112 Å². The van der Waals surface area contributed by atoms with Crippen LogP contribution in [0.5, 0.6) is 0 Å². The minimum absolute atomic E-state index is 0.00749. The standard InChI is InChI=1S/C29H32F3N3O4.C26H26F3N3O3S.C24H25ClFN3O3S.C24H22F3N3O3/c30-29(31,32)19-6-10-23-22(16-19)26-21(25(34-23)17-4-2-1-3-5-17)9-7-20(39-26)8-11-24(36)28(38)35-14-12-18(13-15-35)27(33)37;1-2-34-24(33)21-14-36-25(32-21)30-13-17-9-10-18-22(15-6-4-3-5-7-15)31-20-11-8-16(26(27,28)29)12-19(20)23(18)35-17;1-2-31-24-20(28-33(30)29-24)11-9-16-8-10-17-21(14-6-4-3-5-7-14)27-22-18(23(17)32-16)12-15(25)13-19(22)26;25-24(26,27)13-6-9-17-16(10-13)23-15(19(30-17)12-4-2-1-3-5-12)8-7-14(33-23)11-29-20-18(28)21(31)22(20)32/h1-6,10,16,18,20-21,25-26,34H,7-9,11-15H2,(H2,33,37);3-8,11-12,14,17-18,22-23,31H,2,9-10,13H2,1H3,(H,30,32);3-7,12-13,16-17,21,23,27H,2,8-11H2,1H3;1-6,9-10,14-15,19,23,29-30H,7-8,11,28H2/t20-,21+,25+,26+;17-,18+,22+,23+;16-,17+,21+,23+,33?;14-,15+,19+,23+/m1111/s1. The number of carbonyl (C=O) groups excluding carboxylic acids is 4. The van der Waals surface area contributed by atoms with Crippen molar-refractivity contribution in [3.05, 3.63) is 292 Å². The van der Waals surface area contributed by atoms with Crippen LogP contribution in [-0.4, -0.2) is 113 Å². The highest BCUT2D eigenvalue weighted by molar-refractivity contribution is 7.83. The van der Waals surface area contributed by atoms with Gasteiger partial charge in [0.05, 0.1) is 109 Å². The third kappa shape index (κ3) is 22.8. The van der Waals surface area contributed by atoms with Gasteiger partial charge in [0.2, 0.25) is 17.6 Å². The number of anilines is 7. The molecule has 0 radical (unpaired) electrons. The maximum absolute atomic E-state index is 14.9. The molecule has 141 heavy (non-hydrogen) atoms. The zero-order valence-corrected chi connectivity index (χ0v) is 79.0. The summed E-state index contributed by atoms with van der Waals surface area (Å²) < 4.78 is 192. The number of nitrogen functional groups attached to an aromatic ring is 1. The second-order valence-corrected chi connectivity index (χ2v) is 38.7. The molecule has 5 fully saturated rings. The van der Waals surface area contributed by atoms with Crippen LogP contribution in [0.15, 0.2) is 212 Å². The van der Waals surface area contributed by atoms with Gasteiger partial charge < -0.3 is 76.7 Å². The maximum Gasteiger partial charge on any atom is 0.416 e. The lowest BCUT2D eigenvalue weighted by atomic mass is 9.76. The number of thiazole rings is 1. The van der Waals surface area contributed by atoms with Crippen molar-refractivity contribution in [2.75, 3.05) is 77.0 Å². The van der Waals surface area contributed by atoms with Gasteiger partial charge in [-0.3, -0.25) is 24.0 Å². The normalized spacial score (nSPS) is 25.3. The minimum atomic E-state index is -4.48. The van der Waals surface area contributed by atoms with Crippen LogP contribution in [0.1, 0.15) is 224 Å². The molecule has 1 aromatic heterocycles. The van der Waals surface area contributed by atoms with E-state index in [0.717, 1.165) is 83.8 Å². The van der Waals surface area contributed by atoms with E-state index in [4.69, 9.17) is 51.5 Å². The molecular formula is C103H105ClF10N12O13S2. The summed E-state index contributed by atoms with van der Waals surface area (Å²) in [7, 11) is 0. The predicted octanol–water partition coefficient (Wildman–Crippen LogP) is 21.0. The van der Waals surface area contributed by atoms with E-state index >= 15 is 0 Å². The lowest BCUT2D eigenvalue weighted by Gasteiger charge is -2.46. The molecule has 11 heterocycles. The molecule has 0 aliphatic carbocycles. The molecule has 0 saturated carbocycles.